The van der Waals surface area contributed by atoms with Crippen molar-refractivity contribution in [3.05, 3.63) is 46.6 Å². The zero-order valence-electron chi connectivity index (χ0n) is 9.76. The van der Waals surface area contributed by atoms with Gasteiger partial charge in [-0.2, -0.15) is 0 Å². The molecule has 0 spiro atoms. The van der Waals surface area contributed by atoms with Crippen LogP contribution in [0.1, 0.15) is 5.56 Å². The van der Waals surface area contributed by atoms with Gasteiger partial charge in [0.05, 0.1) is 0 Å². The highest BCUT2D eigenvalue weighted by atomic mass is 79.9. The van der Waals surface area contributed by atoms with E-state index in [1.54, 1.807) is 4.52 Å². The summed E-state index contributed by atoms with van der Waals surface area (Å²) in [6, 6.07) is 9.60. The predicted octanol–water partition coefficient (Wildman–Crippen LogP) is 3.05. The second kappa shape index (κ2) is 4.10. The lowest BCUT2D eigenvalue weighted by Crippen LogP contribution is -1.89. The van der Waals surface area contributed by atoms with Gasteiger partial charge in [-0.1, -0.05) is 12.1 Å². The summed E-state index contributed by atoms with van der Waals surface area (Å²) in [5.74, 6) is 0.684. The molecule has 0 atom stereocenters. The molecule has 18 heavy (non-hydrogen) atoms. The van der Waals surface area contributed by atoms with Crippen LogP contribution in [-0.2, 0) is 0 Å². The summed E-state index contributed by atoms with van der Waals surface area (Å²) >= 11 is 3.45. The Hall–Kier alpha value is -1.88. The maximum Gasteiger partial charge on any atom is 0.182 e. The Morgan fingerprint density at radius 3 is 2.89 bits per heavy atom. The molecule has 0 fully saturated rings. The number of aryl methyl sites for hydroxylation is 1. The van der Waals surface area contributed by atoms with Gasteiger partial charge in [-0.05, 0) is 46.6 Å². The molecule has 4 nitrogen and oxygen atoms in total. The van der Waals surface area contributed by atoms with Gasteiger partial charge in [0.2, 0.25) is 0 Å². The number of rotatable bonds is 1. The SMILES string of the molecule is Cc1cc(Br)cn2nc(-c3cccc(N)c3)nc12. The molecule has 2 aromatic heterocycles. The fourth-order valence-corrected chi connectivity index (χ4v) is 2.45. The Labute approximate surface area is 113 Å². The first-order chi connectivity index (χ1) is 8.63. The summed E-state index contributed by atoms with van der Waals surface area (Å²) in [5, 5.41) is 4.47. The smallest absolute Gasteiger partial charge is 0.182 e. The minimum absolute atomic E-state index is 0.684. The highest BCUT2D eigenvalue weighted by Crippen LogP contribution is 2.21. The second-order valence-electron chi connectivity index (χ2n) is 4.17. The zero-order valence-corrected chi connectivity index (χ0v) is 11.3. The number of fused-ring (bicyclic) bond motifs is 1. The van der Waals surface area contributed by atoms with Crippen molar-refractivity contribution >= 4 is 27.3 Å². The molecule has 0 amide bonds. The van der Waals surface area contributed by atoms with Crippen LogP contribution in [-0.4, -0.2) is 14.6 Å². The lowest BCUT2D eigenvalue weighted by Gasteiger charge is -1.96. The van der Waals surface area contributed by atoms with Crippen molar-refractivity contribution < 1.29 is 0 Å². The van der Waals surface area contributed by atoms with Gasteiger partial charge in [0.25, 0.3) is 0 Å². The molecule has 3 rings (SSSR count). The second-order valence-corrected chi connectivity index (χ2v) is 5.09. The Morgan fingerprint density at radius 2 is 2.11 bits per heavy atom. The van der Waals surface area contributed by atoms with Crippen molar-refractivity contribution in [2.45, 2.75) is 6.92 Å². The zero-order chi connectivity index (χ0) is 12.7. The quantitative estimate of drug-likeness (QED) is 0.703. The molecule has 0 aliphatic rings. The first-order valence-electron chi connectivity index (χ1n) is 5.52. The first-order valence-corrected chi connectivity index (χ1v) is 6.31. The normalized spacial score (nSPS) is 11.0. The molecule has 0 bridgehead atoms. The maximum atomic E-state index is 5.77. The fourth-order valence-electron chi connectivity index (χ4n) is 1.91. The fraction of sp³-hybridized carbons (Fsp3) is 0.0769. The van der Waals surface area contributed by atoms with Gasteiger partial charge in [0, 0.05) is 21.9 Å². The molecule has 1 aromatic carbocycles. The van der Waals surface area contributed by atoms with E-state index in [0.29, 0.717) is 11.5 Å². The number of nitrogens with zero attached hydrogens (tertiary/aromatic N) is 3. The molecule has 3 aromatic rings. The third kappa shape index (κ3) is 1.86. The lowest BCUT2D eigenvalue weighted by molar-refractivity contribution is 0.955. The van der Waals surface area contributed by atoms with Crippen LogP contribution in [0.4, 0.5) is 5.69 Å². The Morgan fingerprint density at radius 1 is 1.28 bits per heavy atom. The third-order valence-corrected chi connectivity index (χ3v) is 3.16. The van der Waals surface area contributed by atoms with E-state index in [0.717, 1.165) is 21.2 Å². The average molecular weight is 303 g/mol. The van der Waals surface area contributed by atoms with Crippen LogP contribution in [0.5, 0.6) is 0 Å². The van der Waals surface area contributed by atoms with E-state index in [2.05, 4.69) is 26.0 Å². The minimum Gasteiger partial charge on any atom is -0.399 e. The van der Waals surface area contributed by atoms with Gasteiger partial charge in [0.15, 0.2) is 11.5 Å². The number of hydrogen-bond acceptors (Lipinski definition) is 3. The van der Waals surface area contributed by atoms with E-state index in [1.165, 1.54) is 0 Å². The highest BCUT2D eigenvalue weighted by Gasteiger charge is 2.09. The molecule has 2 heterocycles. The molecular formula is C13H11BrN4. The number of pyridine rings is 1. The van der Waals surface area contributed by atoms with Crippen LogP contribution in [0.25, 0.3) is 17.0 Å². The summed E-state index contributed by atoms with van der Waals surface area (Å²) in [6.45, 7) is 2.01. The van der Waals surface area contributed by atoms with Gasteiger partial charge in [0.1, 0.15) is 0 Å². The molecule has 0 aliphatic heterocycles. The van der Waals surface area contributed by atoms with Gasteiger partial charge in [-0.3, -0.25) is 0 Å². The average Bonchev–Trinajstić information content (AvgIpc) is 2.73. The molecule has 0 aliphatic carbocycles. The minimum atomic E-state index is 0.684. The number of aromatic nitrogens is 3. The van der Waals surface area contributed by atoms with Crippen molar-refractivity contribution in [1.29, 1.82) is 0 Å². The van der Waals surface area contributed by atoms with Gasteiger partial charge >= 0.3 is 0 Å². The lowest BCUT2D eigenvalue weighted by atomic mass is 10.2. The van der Waals surface area contributed by atoms with Crippen molar-refractivity contribution in [3.63, 3.8) is 0 Å². The number of benzene rings is 1. The summed E-state index contributed by atoms with van der Waals surface area (Å²) < 4.78 is 2.76. The van der Waals surface area contributed by atoms with Crippen LogP contribution in [0.3, 0.4) is 0 Å². The van der Waals surface area contributed by atoms with Crippen molar-refractivity contribution in [3.8, 4) is 11.4 Å². The van der Waals surface area contributed by atoms with Crippen LogP contribution in [0.15, 0.2) is 41.0 Å². The molecular weight excluding hydrogens is 292 g/mol. The topological polar surface area (TPSA) is 56.2 Å². The van der Waals surface area contributed by atoms with Crippen molar-refractivity contribution in [1.82, 2.24) is 14.6 Å². The molecule has 0 saturated heterocycles. The summed E-state index contributed by atoms with van der Waals surface area (Å²) in [7, 11) is 0. The predicted molar refractivity (Wildman–Crippen MR) is 75.3 cm³/mol. The van der Waals surface area contributed by atoms with E-state index in [9.17, 15) is 0 Å². The molecule has 0 radical (unpaired) electrons. The van der Waals surface area contributed by atoms with E-state index in [1.807, 2.05) is 43.5 Å². The largest absolute Gasteiger partial charge is 0.399 e. The van der Waals surface area contributed by atoms with E-state index < -0.39 is 0 Å². The van der Waals surface area contributed by atoms with Crippen LogP contribution in [0.2, 0.25) is 0 Å². The number of hydrogen-bond donors (Lipinski definition) is 1. The highest BCUT2D eigenvalue weighted by molar-refractivity contribution is 9.10. The number of anilines is 1. The van der Waals surface area contributed by atoms with Gasteiger partial charge in [-0.15, -0.1) is 5.10 Å². The summed E-state index contributed by atoms with van der Waals surface area (Å²) in [4.78, 5) is 4.54. The number of nitrogen functional groups attached to an aromatic ring is 1. The Balaban J connectivity index is 2.22. The first kappa shape index (κ1) is 11.2. The number of halogens is 1. The maximum absolute atomic E-state index is 5.77. The summed E-state index contributed by atoms with van der Waals surface area (Å²) in [5.41, 5.74) is 9.34. The molecule has 0 unspecified atom stereocenters. The van der Waals surface area contributed by atoms with Crippen LogP contribution >= 0.6 is 15.9 Å². The summed E-state index contributed by atoms with van der Waals surface area (Å²) in [6.07, 6.45) is 1.89. The van der Waals surface area contributed by atoms with E-state index in [-0.39, 0.29) is 0 Å². The molecule has 90 valence electrons. The van der Waals surface area contributed by atoms with E-state index in [4.69, 9.17) is 5.73 Å². The Bertz CT molecular complexity index is 733. The third-order valence-electron chi connectivity index (χ3n) is 2.73. The van der Waals surface area contributed by atoms with Crippen molar-refractivity contribution in [2.24, 2.45) is 0 Å². The monoisotopic (exact) mass is 302 g/mol. The standard InChI is InChI=1S/C13H11BrN4/c1-8-5-10(14)7-18-13(8)16-12(17-18)9-3-2-4-11(15)6-9/h2-7H,15H2,1H3. The number of nitrogens with two attached hydrogens (primary N) is 1. The van der Waals surface area contributed by atoms with Crippen LogP contribution in [0, 0.1) is 6.92 Å². The molecule has 5 heteroatoms. The van der Waals surface area contributed by atoms with Crippen molar-refractivity contribution in [2.75, 3.05) is 5.73 Å². The molecule has 0 saturated carbocycles. The van der Waals surface area contributed by atoms with E-state index >= 15 is 0 Å². The molecule has 2 N–H and O–H groups in total. The van der Waals surface area contributed by atoms with Crippen LogP contribution < -0.4 is 5.73 Å². The van der Waals surface area contributed by atoms with Gasteiger partial charge < -0.3 is 5.73 Å². The van der Waals surface area contributed by atoms with Gasteiger partial charge in [-0.25, -0.2) is 9.50 Å². The Kier molecular flexibility index (Phi) is 2.56.